The fraction of sp³-hybridized carbons (Fsp3) is 0.357. The topological polar surface area (TPSA) is 109 Å². The summed E-state index contributed by atoms with van der Waals surface area (Å²) in [6.45, 7) is -0.369. The zero-order valence-electron chi connectivity index (χ0n) is 20.8. The summed E-state index contributed by atoms with van der Waals surface area (Å²) in [6, 6.07) is 13.2. The van der Waals surface area contributed by atoms with Gasteiger partial charge in [0.1, 0.15) is 18.1 Å². The molecule has 3 aromatic rings. The van der Waals surface area contributed by atoms with E-state index in [9.17, 15) is 23.6 Å². The van der Waals surface area contributed by atoms with Crippen molar-refractivity contribution in [3.8, 4) is 5.75 Å². The van der Waals surface area contributed by atoms with Crippen molar-refractivity contribution in [1.29, 1.82) is 0 Å². The number of H-pyrrole nitrogens is 1. The number of thiazole rings is 1. The normalized spacial score (nSPS) is 30.2. The fourth-order valence-electron chi connectivity index (χ4n) is 7.30. The number of nitrogens with zero attached hydrogens (tertiary/aromatic N) is 1. The van der Waals surface area contributed by atoms with Gasteiger partial charge in [-0.05, 0) is 66.1 Å². The molecular weight excluding hydrogens is 541 g/mol. The van der Waals surface area contributed by atoms with E-state index in [2.05, 4.69) is 10.3 Å². The Hall–Kier alpha value is -3.44. The highest BCUT2D eigenvalue weighted by Gasteiger charge is 2.69. The number of nitrogens with one attached hydrogen (secondary N) is 2. The van der Waals surface area contributed by atoms with Crippen LogP contribution >= 0.6 is 23.1 Å². The van der Waals surface area contributed by atoms with Gasteiger partial charge in [-0.1, -0.05) is 23.5 Å². The number of likely N-dealkylation sites (tertiary alicyclic amines) is 1. The molecule has 200 valence electrons. The van der Waals surface area contributed by atoms with E-state index in [1.54, 1.807) is 18.9 Å². The molecule has 11 heteroatoms. The van der Waals surface area contributed by atoms with Gasteiger partial charge in [-0.3, -0.25) is 24.1 Å². The smallest absolute Gasteiger partial charge is 0.305 e. The molecule has 1 saturated heterocycles. The molecule has 4 aliphatic rings. The molecule has 2 bridgehead atoms. The molecular formula is C28H24FN3O5S2. The summed E-state index contributed by atoms with van der Waals surface area (Å²) in [5.74, 6) is -1.75. The Labute approximate surface area is 230 Å². The Balaban J connectivity index is 1.18. The number of carbonyl (C=O) groups is 3. The average Bonchev–Trinajstić information content (AvgIpc) is 3.66. The highest BCUT2D eigenvalue weighted by Crippen LogP contribution is 2.68. The Morgan fingerprint density at radius 3 is 2.44 bits per heavy atom. The highest BCUT2D eigenvalue weighted by molar-refractivity contribution is 8.00. The van der Waals surface area contributed by atoms with E-state index in [4.69, 9.17) is 4.74 Å². The van der Waals surface area contributed by atoms with Gasteiger partial charge in [0.05, 0.1) is 24.0 Å². The molecule has 2 saturated carbocycles. The van der Waals surface area contributed by atoms with Crippen molar-refractivity contribution in [2.24, 2.45) is 29.6 Å². The summed E-state index contributed by atoms with van der Waals surface area (Å²) < 4.78 is 18.6. The van der Waals surface area contributed by atoms with Crippen molar-refractivity contribution >= 4 is 46.5 Å². The van der Waals surface area contributed by atoms with E-state index < -0.39 is 23.6 Å². The molecule has 3 amide bonds. The molecule has 7 atom stereocenters. The second-order valence-corrected chi connectivity index (χ2v) is 12.8. The Kier molecular flexibility index (Phi) is 5.71. The van der Waals surface area contributed by atoms with E-state index in [-0.39, 0.29) is 52.2 Å². The summed E-state index contributed by atoms with van der Waals surface area (Å²) >= 11 is 2.84. The maximum Gasteiger partial charge on any atom is 0.305 e. The quantitative estimate of drug-likeness (QED) is 0.457. The van der Waals surface area contributed by atoms with E-state index in [0.29, 0.717) is 5.69 Å². The predicted octanol–water partition coefficient (Wildman–Crippen LogP) is 3.70. The lowest BCUT2D eigenvalue weighted by Crippen LogP contribution is -2.42. The number of amides is 3. The number of rotatable bonds is 5. The molecule has 1 aromatic heterocycles. The number of anilines is 1. The molecule has 3 fully saturated rings. The van der Waals surface area contributed by atoms with Gasteiger partial charge in [-0.2, -0.15) is 0 Å². The third-order valence-electron chi connectivity index (χ3n) is 8.72. The number of thioether (sulfide) groups is 1. The van der Waals surface area contributed by atoms with E-state index in [1.807, 2.05) is 24.3 Å². The molecule has 8 nitrogen and oxygen atoms in total. The van der Waals surface area contributed by atoms with Crippen LogP contribution in [0.4, 0.5) is 10.1 Å². The van der Waals surface area contributed by atoms with Crippen molar-refractivity contribution in [2.75, 3.05) is 19.0 Å². The number of hydrogen-bond acceptors (Lipinski definition) is 7. The van der Waals surface area contributed by atoms with Crippen LogP contribution < -0.4 is 14.9 Å². The van der Waals surface area contributed by atoms with Crippen LogP contribution in [-0.4, -0.2) is 46.5 Å². The number of imide groups is 1. The number of methoxy groups -OCH3 is 1. The van der Waals surface area contributed by atoms with Crippen LogP contribution in [0.25, 0.3) is 0 Å². The summed E-state index contributed by atoms with van der Waals surface area (Å²) in [5.41, 5.74) is 1.45. The molecule has 39 heavy (non-hydrogen) atoms. The molecule has 2 aliphatic heterocycles. The van der Waals surface area contributed by atoms with Gasteiger partial charge in [0, 0.05) is 21.7 Å². The van der Waals surface area contributed by atoms with Crippen LogP contribution in [0.15, 0.2) is 58.4 Å². The average molecular weight is 566 g/mol. The van der Waals surface area contributed by atoms with Gasteiger partial charge in [0.25, 0.3) is 0 Å². The lowest BCUT2D eigenvalue weighted by Gasteiger charge is -2.43. The molecule has 6 unspecified atom stereocenters. The number of halogens is 1. The van der Waals surface area contributed by atoms with Crippen LogP contribution in [0, 0.1) is 35.4 Å². The maximum absolute atomic E-state index is 13.7. The number of fused-ring (bicyclic) bond motifs is 9. The van der Waals surface area contributed by atoms with Gasteiger partial charge in [0.15, 0.2) is 0 Å². The first-order chi connectivity index (χ1) is 18.8. The lowest BCUT2D eigenvalue weighted by atomic mass is 9.68. The van der Waals surface area contributed by atoms with Gasteiger partial charge >= 0.3 is 4.87 Å². The fourth-order valence-corrected chi connectivity index (χ4v) is 10.2. The first kappa shape index (κ1) is 24.6. The van der Waals surface area contributed by atoms with Crippen LogP contribution in [-0.2, 0) is 14.4 Å². The Morgan fingerprint density at radius 2 is 1.74 bits per heavy atom. The molecule has 0 spiro atoms. The standard InChI is InChI=1S/C28H24FN3O5S2/c1-37-15-8-2-12(3-9-15)19-20-16-10-17(23(20)38-25-24(19)39-28(36)31-25)22-21(16)26(34)32(27(22)35)11-18(33)30-14-6-4-13(29)5-7-14/h2-9,16-17,19-23H,10-11H2,1H3,(H,30,33)(H,31,36)/t16?,17?,19-,20?,21?,22?,23?/m1/s1. The Bertz CT molecular complexity index is 1550. The minimum atomic E-state index is -0.502. The summed E-state index contributed by atoms with van der Waals surface area (Å²) in [7, 11) is 1.61. The zero-order chi connectivity index (χ0) is 27.0. The first-order valence-electron chi connectivity index (χ1n) is 12.8. The number of aromatic amines is 1. The van der Waals surface area contributed by atoms with Crippen molar-refractivity contribution in [3.63, 3.8) is 0 Å². The molecule has 2 N–H and O–H groups in total. The van der Waals surface area contributed by atoms with Gasteiger partial charge in [0.2, 0.25) is 17.7 Å². The van der Waals surface area contributed by atoms with E-state index in [1.165, 1.54) is 35.6 Å². The number of benzene rings is 2. The van der Waals surface area contributed by atoms with E-state index in [0.717, 1.165) is 32.5 Å². The highest BCUT2D eigenvalue weighted by atomic mass is 32.2. The van der Waals surface area contributed by atoms with Crippen molar-refractivity contribution < 1.29 is 23.5 Å². The first-order valence-corrected chi connectivity index (χ1v) is 14.5. The van der Waals surface area contributed by atoms with Crippen LogP contribution in [0.5, 0.6) is 5.75 Å². The summed E-state index contributed by atoms with van der Waals surface area (Å²) in [4.78, 5) is 57.3. The predicted molar refractivity (Wildman–Crippen MR) is 143 cm³/mol. The van der Waals surface area contributed by atoms with Crippen molar-refractivity contribution in [3.05, 3.63) is 74.5 Å². The minimum absolute atomic E-state index is 0.0195. The van der Waals surface area contributed by atoms with E-state index >= 15 is 0 Å². The maximum atomic E-state index is 13.7. The molecule has 7 rings (SSSR count). The molecule has 3 heterocycles. The molecule has 0 radical (unpaired) electrons. The number of ether oxygens (including phenoxy) is 1. The number of carbonyl (C=O) groups excluding carboxylic acids is 3. The third kappa shape index (κ3) is 3.77. The van der Waals surface area contributed by atoms with Gasteiger partial charge in [-0.25, -0.2) is 4.39 Å². The van der Waals surface area contributed by atoms with Crippen molar-refractivity contribution in [2.45, 2.75) is 22.6 Å². The SMILES string of the molecule is COc1ccc([C@H]2c3sc(=O)[nH]c3SC3C4CC(C5C(=O)N(CC(=O)Nc6ccc(F)cc6)C(=O)C45)C32)cc1. The van der Waals surface area contributed by atoms with Crippen LogP contribution in [0.3, 0.4) is 0 Å². The largest absolute Gasteiger partial charge is 0.497 e. The summed E-state index contributed by atoms with van der Waals surface area (Å²) in [5, 5.41) is 3.57. The van der Waals surface area contributed by atoms with Crippen molar-refractivity contribution in [1.82, 2.24) is 9.88 Å². The monoisotopic (exact) mass is 565 g/mol. The number of hydrogen-bond donors (Lipinski definition) is 2. The second-order valence-electron chi connectivity index (χ2n) is 10.6. The van der Waals surface area contributed by atoms with Crippen LogP contribution in [0.2, 0.25) is 0 Å². The summed E-state index contributed by atoms with van der Waals surface area (Å²) in [6.07, 6.45) is 0.774. The lowest BCUT2D eigenvalue weighted by molar-refractivity contribution is -0.143. The van der Waals surface area contributed by atoms with Gasteiger partial charge in [-0.15, -0.1) is 11.8 Å². The number of aromatic nitrogens is 1. The molecule has 2 aliphatic carbocycles. The molecule has 2 aromatic carbocycles. The van der Waals surface area contributed by atoms with Gasteiger partial charge < -0.3 is 15.0 Å². The minimum Gasteiger partial charge on any atom is -0.497 e. The Morgan fingerprint density at radius 1 is 1.05 bits per heavy atom. The second kappa shape index (κ2) is 9.06. The zero-order valence-corrected chi connectivity index (χ0v) is 22.4. The third-order valence-corrected chi connectivity index (χ3v) is 11.3. The van der Waals surface area contributed by atoms with Crippen LogP contribution in [0.1, 0.15) is 22.8 Å².